The summed E-state index contributed by atoms with van der Waals surface area (Å²) in [7, 11) is 1.70. The third-order valence-corrected chi connectivity index (χ3v) is 2.94. The molecule has 0 bridgehead atoms. The van der Waals surface area contributed by atoms with E-state index in [0.717, 1.165) is 12.8 Å². The van der Waals surface area contributed by atoms with E-state index in [9.17, 15) is 4.79 Å². The van der Waals surface area contributed by atoms with E-state index in [1.54, 1.807) is 14.0 Å². The van der Waals surface area contributed by atoms with Gasteiger partial charge in [-0.2, -0.15) is 5.10 Å². The van der Waals surface area contributed by atoms with E-state index in [0.29, 0.717) is 23.7 Å². The Balaban J connectivity index is 2.37. The fourth-order valence-electron chi connectivity index (χ4n) is 1.86. The molecule has 0 atom stereocenters. The summed E-state index contributed by atoms with van der Waals surface area (Å²) < 4.78 is 6.68. The van der Waals surface area contributed by atoms with E-state index in [1.165, 1.54) is 23.9 Å². The number of hydrogen-bond donors (Lipinski definition) is 1. The largest absolute Gasteiger partial charge is 0.461 e. The van der Waals surface area contributed by atoms with Crippen LogP contribution in [0.25, 0.3) is 0 Å². The standard InChI is InChI=1S/C13H23N3O2/c1-4-5-6-7-8-9-18-13(17)12-11(14)10(2)15-16(12)3/h4-9,14H2,1-3H3. The maximum Gasteiger partial charge on any atom is 0.358 e. The highest BCUT2D eigenvalue weighted by Crippen LogP contribution is 2.16. The van der Waals surface area contributed by atoms with Gasteiger partial charge in [-0.15, -0.1) is 0 Å². The fraction of sp³-hybridized carbons (Fsp3) is 0.692. The Kier molecular flexibility index (Phi) is 5.68. The van der Waals surface area contributed by atoms with Crippen LogP contribution in [0.5, 0.6) is 0 Å². The zero-order valence-corrected chi connectivity index (χ0v) is 11.5. The number of rotatable bonds is 7. The van der Waals surface area contributed by atoms with Crippen LogP contribution in [-0.2, 0) is 11.8 Å². The molecule has 2 N–H and O–H groups in total. The lowest BCUT2D eigenvalue weighted by Crippen LogP contribution is -2.13. The molecule has 0 aliphatic carbocycles. The number of aromatic nitrogens is 2. The quantitative estimate of drug-likeness (QED) is 0.598. The van der Waals surface area contributed by atoms with Crippen molar-refractivity contribution in [2.75, 3.05) is 12.3 Å². The van der Waals surface area contributed by atoms with Crippen molar-refractivity contribution in [3.8, 4) is 0 Å². The number of unbranched alkanes of at least 4 members (excludes halogenated alkanes) is 4. The van der Waals surface area contributed by atoms with Gasteiger partial charge in [0.05, 0.1) is 18.0 Å². The average Bonchev–Trinajstić information content (AvgIpc) is 2.58. The molecule has 18 heavy (non-hydrogen) atoms. The molecule has 5 heteroatoms. The topological polar surface area (TPSA) is 70.1 Å². The second-order valence-electron chi connectivity index (χ2n) is 4.52. The third-order valence-electron chi connectivity index (χ3n) is 2.94. The molecule has 0 fully saturated rings. The van der Waals surface area contributed by atoms with Crippen molar-refractivity contribution in [3.63, 3.8) is 0 Å². The molecule has 1 aromatic rings. The molecule has 0 radical (unpaired) electrons. The van der Waals surface area contributed by atoms with E-state index < -0.39 is 0 Å². The van der Waals surface area contributed by atoms with Crippen LogP contribution in [0.4, 0.5) is 5.69 Å². The molecule has 1 aromatic heterocycles. The number of carbonyl (C=O) groups excluding carboxylic acids is 1. The minimum absolute atomic E-state index is 0.348. The Morgan fingerprint density at radius 1 is 1.33 bits per heavy atom. The van der Waals surface area contributed by atoms with Crippen molar-refractivity contribution in [1.29, 1.82) is 0 Å². The molecule has 0 aliphatic heterocycles. The first-order valence-electron chi connectivity index (χ1n) is 6.54. The number of anilines is 1. The number of nitrogens with zero attached hydrogens (tertiary/aromatic N) is 2. The summed E-state index contributed by atoms with van der Waals surface area (Å²) in [5.74, 6) is -0.383. The lowest BCUT2D eigenvalue weighted by molar-refractivity contribution is 0.0486. The van der Waals surface area contributed by atoms with Gasteiger partial charge >= 0.3 is 5.97 Å². The van der Waals surface area contributed by atoms with Gasteiger partial charge in [-0.25, -0.2) is 4.79 Å². The van der Waals surface area contributed by atoms with Crippen molar-refractivity contribution in [2.45, 2.75) is 46.0 Å². The van der Waals surface area contributed by atoms with Gasteiger partial charge in [-0.1, -0.05) is 32.6 Å². The van der Waals surface area contributed by atoms with Crippen LogP contribution in [0.15, 0.2) is 0 Å². The summed E-state index contributed by atoms with van der Waals surface area (Å²) in [4.78, 5) is 11.8. The van der Waals surface area contributed by atoms with E-state index >= 15 is 0 Å². The van der Waals surface area contributed by atoms with Gasteiger partial charge in [0, 0.05) is 7.05 Å². The average molecular weight is 253 g/mol. The zero-order valence-electron chi connectivity index (χ0n) is 11.5. The van der Waals surface area contributed by atoms with Gasteiger partial charge in [0.15, 0.2) is 5.69 Å². The summed E-state index contributed by atoms with van der Waals surface area (Å²) in [6.45, 7) is 4.40. The van der Waals surface area contributed by atoms with Crippen LogP contribution < -0.4 is 5.73 Å². The summed E-state index contributed by atoms with van der Waals surface area (Å²) in [5.41, 5.74) is 7.21. The van der Waals surface area contributed by atoms with E-state index in [1.807, 2.05) is 0 Å². The maximum absolute atomic E-state index is 11.8. The highest BCUT2D eigenvalue weighted by atomic mass is 16.5. The first-order chi connectivity index (χ1) is 8.57. The minimum atomic E-state index is -0.383. The molecular weight excluding hydrogens is 230 g/mol. The Morgan fingerprint density at radius 3 is 2.56 bits per heavy atom. The number of aryl methyl sites for hydroxylation is 2. The predicted molar refractivity (Wildman–Crippen MR) is 71.4 cm³/mol. The maximum atomic E-state index is 11.8. The lowest BCUT2D eigenvalue weighted by Gasteiger charge is -2.05. The first kappa shape index (κ1) is 14.5. The number of carbonyl (C=O) groups is 1. The first-order valence-corrected chi connectivity index (χ1v) is 6.54. The van der Waals surface area contributed by atoms with Gasteiger partial charge in [-0.05, 0) is 13.3 Å². The molecule has 0 amide bonds. The molecular formula is C13H23N3O2. The van der Waals surface area contributed by atoms with Gasteiger partial charge in [0.2, 0.25) is 0 Å². The van der Waals surface area contributed by atoms with Crippen LogP contribution in [0.2, 0.25) is 0 Å². The highest BCUT2D eigenvalue weighted by Gasteiger charge is 2.18. The molecule has 1 rings (SSSR count). The second-order valence-corrected chi connectivity index (χ2v) is 4.52. The molecule has 0 aromatic carbocycles. The Morgan fingerprint density at radius 2 is 2.00 bits per heavy atom. The van der Waals surface area contributed by atoms with Crippen molar-refractivity contribution < 1.29 is 9.53 Å². The van der Waals surface area contributed by atoms with Crippen LogP contribution in [0, 0.1) is 6.92 Å². The minimum Gasteiger partial charge on any atom is -0.461 e. The summed E-state index contributed by atoms with van der Waals surface area (Å²) in [6.07, 6.45) is 5.65. The molecule has 0 saturated carbocycles. The van der Waals surface area contributed by atoms with Crippen LogP contribution >= 0.6 is 0 Å². The Bertz CT molecular complexity index is 399. The molecule has 1 heterocycles. The number of hydrogen-bond acceptors (Lipinski definition) is 4. The Hall–Kier alpha value is -1.52. The highest BCUT2D eigenvalue weighted by molar-refractivity contribution is 5.93. The van der Waals surface area contributed by atoms with E-state index in [4.69, 9.17) is 10.5 Å². The lowest BCUT2D eigenvalue weighted by atomic mass is 10.2. The number of nitrogen functional groups attached to an aromatic ring is 1. The molecule has 0 saturated heterocycles. The van der Waals surface area contributed by atoms with Crippen molar-refractivity contribution in [3.05, 3.63) is 11.4 Å². The summed E-state index contributed by atoms with van der Waals surface area (Å²) >= 11 is 0. The van der Waals surface area contributed by atoms with Crippen molar-refractivity contribution >= 4 is 11.7 Å². The van der Waals surface area contributed by atoms with Gasteiger partial charge in [-0.3, -0.25) is 4.68 Å². The van der Waals surface area contributed by atoms with Gasteiger partial charge < -0.3 is 10.5 Å². The van der Waals surface area contributed by atoms with Gasteiger partial charge in [0.1, 0.15) is 0 Å². The Labute approximate surface area is 108 Å². The number of ether oxygens (including phenoxy) is 1. The fourth-order valence-corrected chi connectivity index (χ4v) is 1.86. The molecule has 102 valence electrons. The van der Waals surface area contributed by atoms with Crippen LogP contribution in [0.3, 0.4) is 0 Å². The van der Waals surface area contributed by atoms with E-state index in [2.05, 4.69) is 12.0 Å². The zero-order chi connectivity index (χ0) is 13.5. The van der Waals surface area contributed by atoms with Crippen molar-refractivity contribution in [2.24, 2.45) is 7.05 Å². The normalized spacial score (nSPS) is 10.6. The van der Waals surface area contributed by atoms with Crippen LogP contribution in [0.1, 0.15) is 55.2 Å². The SMILES string of the molecule is CCCCCCCOC(=O)c1c(N)c(C)nn1C. The summed E-state index contributed by atoms with van der Waals surface area (Å²) in [6, 6.07) is 0. The molecule has 0 unspecified atom stereocenters. The van der Waals surface area contributed by atoms with E-state index in [-0.39, 0.29) is 5.97 Å². The number of nitrogens with two attached hydrogens (primary N) is 1. The predicted octanol–water partition coefficient (Wildman–Crippen LogP) is 2.44. The molecule has 0 aliphatic rings. The van der Waals surface area contributed by atoms with Gasteiger partial charge in [0.25, 0.3) is 0 Å². The third kappa shape index (κ3) is 3.75. The smallest absolute Gasteiger partial charge is 0.358 e. The monoisotopic (exact) mass is 253 g/mol. The van der Waals surface area contributed by atoms with Crippen molar-refractivity contribution in [1.82, 2.24) is 9.78 Å². The number of esters is 1. The summed E-state index contributed by atoms with van der Waals surface area (Å²) in [5, 5.41) is 4.09. The molecule has 0 spiro atoms. The molecule has 5 nitrogen and oxygen atoms in total. The van der Waals surface area contributed by atoms with Crippen LogP contribution in [-0.4, -0.2) is 22.4 Å². The second kappa shape index (κ2) is 7.03.